The second kappa shape index (κ2) is 9.24. The zero-order valence-corrected chi connectivity index (χ0v) is 15.5. The lowest BCUT2D eigenvalue weighted by atomic mass is 10.2. The fraction of sp³-hybridized carbons (Fsp3) is 0.316. The van der Waals surface area contributed by atoms with E-state index in [4.69, 9.17) is 4.42 Å². The van der Waals surface area contributed by atoms with Crippen molar-refractivity contribution >= 4 is 17.7 Å². The van der Waals surface area contributed by atoms with E-state index in [1.807, 2.05) is 47.0 Å². The maximum atomic E-state index is 12.1. The lowest BCUT2D eigenvalue weighted by molar-refractivity contribution is -0.118. The molecule has 0 saturated heterocycles. The third kappa shape index (κ3) is 4.54. The van der Waals surface area contributed by atoms with Crippen LogP contribution in [0.2, 0.25) is 0 Å². The highest BCUT2D eigenvalue weighted by Crippen LogP contribution is 2.27. The summed E-state index contributed by atoms with van der Waals surface area (Å²) in [5.74, 6) is 1.56. The van der Waals surface area contributed by atoms with E-state index in [-0.39, 0.29) is 5.91 Å². The molecule has 0 atom stereocenters. The minimum atomic E-state index is 0.00765. The van der Waals surface area contributed by atoms with Gasteiger partial charge in [-0.2, -0.15) is 0 Å². The highest BCUT2D eigenvalue weighted by molar-refractivity contribution is 7.99. The Balaban J connectivity index is 1.74. The Kier molecular flexibility index (Phi) is 6.49. The van der Waals surface area contributed by atoms with Gasteiger partial charge in [0.1, 0.15) is 0 Å². The number of hydrogen-bond donors (Lipinski definition) is 1. The first kappa shape index (κ1) is 18.3. The first-order chi connectivity index (χ1) is 12.8. The van der Waals surface area contributed by atoms with E-state index in [0.29, 0.717) is 22.5 Å². The molecule has 3 rings (SSSR count). The number of hydrogen-bond acceptors (Lipinski definition) is 5. The van der Waals surface area contributed by atoms with Gasteiger partial charge in [0.25, 0.3) is 0 Å². The molecule has 2 heterocycles. The van der Waals surface area contributed by atoms with E-state index >= 15 is 0 Å². The molecule has 0 spiro atoms. The van der Waals surface area contributed by atoms with Gasteiger partial charge in [-0.25, -0.2) is 0 Å². The van der Waals surface area contributed by atoms with Crippen LogP contribution in [0.5, 0.6) is 0 Å². The molecule has 0 aliphatic heterocycles. The summed E-state index contributed by atoms with van der Waals surface area (Å²) in [5, 5.41) is 12.1. The molecule has 1 amide bonds. The standard InChI is InChI=1S/C19H22N4O2S/c1-2-3-7-12-20-17(24)14-26-19-22-21-18(16-11-8-13-25-16)23(19)15-9-5-4-6-10-15/h4-6,8-11,13H,2-3,7,12,14H2,1H3,(H,20,24). The summed E-state index contributed by atoms with van der Waals surface area (Å²) >= 11 is 1.37. The van der Waals surface area contributed by atoms with Crippen LogP contribution in [0.25, 0.3) is 17.3 Å². The fourth-order valence-electron chi connectivity index (χ4n) is 2.52. The summed E-state index contributed by atoms with van der Waals surface area (Å²) < 4.78 is 7.40. The molecule has 0 bridgehead atoms. The van der Waals surface area contributed by atoms with Crippen LogP contribution in [-0.4, -0.2) is 33.0 Å². The normalized spacial score (nSPS) is 10.8. The summed E-state index contributed by atoms with van der Waals surface area (Å²) in [7, 11) is 0. The number of unbranched alkanes of at least 4 members (excludes halogenated alkanes) is 2. The fourth-order valence-corrected chi connectivity index (χ4v) is 3.30. The second-order valence-electron chi connectivity index (χ2n) is 5.80. The van der Waals surface area contributed by atoms with Crippen LogP contribution in [0.1, 0.15) is 26.2 Å². The van der Waals surface area contributed by atoms with Crippen LogP contribution in [0.3, 0.4) is 0 Å². The van der Waals surface area contributed by atoms with Crippen molar-refractivity contribution in [2.75, 3.05) is 12.3 Å². The highest BCUT2D eigenvalue weighted by atomic mass is 32.2. The number of thioether (sulfide) groups is 1. The average Bonchev–Trinajstić information content (AvgIpc) is 3.33. The molecular formula is C19H22N4O2S. The molecule has 3 aromatic rings. The third-order valence-corrected chi connectivity index (χ3v) is 4.75. The van der Waals surface area contributed by atoms with E-state index in [1.54, 1.807) is 6.26 Å². The molecule has 0 saturated carbocycles. The van der Waals surface area contributed by atoms with Gasteiger partial charge in [-0.15, -0.1) is 10.2 Å². The van der Waals surface area contributed by atoms with Gasteiger partial charge >= 0.3 is 0 Å². The second-order valence-corrected chi connectivity index (χ2v) is 6.74. The van der Waals surface area contributed by atoms with Gasteiger partial charge in [-0.05, 0) is 30.7 Å². The predicted octanol–water partition coefficient (Wildman–Crippen LogP) is 3.93. The van der Waals surface area contributed by atoms with Crippen LogP contribution >= 0.6 is 11.8 Å². The molecule has 0 aliphatic rings. The topological polar surface area (TPSA) is 73.0 Å². The van der Waals surface area contributed by atoms with Gasteiger partial charge in [-0.3, -0.25) is 9.36 Å². The molecule has 2 aromatic heterocycles. The molecule has 26 heavy (non-hydrogen) atoms. The number of rotatable bonds is 9. The molecule has 6 nitrogen and oxygen atoms in total. The van der Waals surface area contributed by atoms with Gasteiger partial charge in [0, 0.05) is 12.2 Å². The number of furan rings is 1. The molecule has 0 aliphatic carbocycles. The van der Waals surface area contributed by atoms with Crippen molar-refractivity contribution in [3.05, 3.63) is 48.7 Å². The number of benzene rings is 1. The number of carbonyl (C=O) groups excluding carboxylic acids is 1. The molecule has 0 radical (unpaired) electrons. The van der Waals surface area contributed by atoms with Crippen molar-refractivity contribution in [1.82, 2.24) is 20.1 Å². The Morgan fingerprint density at radius 2 is 2.00 bits per heavy atom. The van der Waals surface area contributed by atoms with Crippen molar-refractivity contribution in [3.8, 4) is 17.3 Å². The van der Waals surface area contributed by atoms with E-state index < -0.39 is 0 Å². The van der Waals surface area contributed by atoms with Crippen molar-refractivity contribution in [3.63, 3.8) is 0 Å². The van der Waals surface area contributed by atoms with E-state index in [0.717, 1.165) is 31.5 Å². The summed E-state index contributed by atoms with van der Waals surface area (Å²) in [4.78, 5) is 12.1. The number of nitrogens with one attached hydrogen (secondary N) is 1. The minimum Gasteiger partial charge on any atom is -0.461 e. The van der Waals surface area contributed by atoms with Gasteiger partial charge < -0.3 is 9.73 Å². The number of nitrogens with zero attached hydrogens (tertiary/aromatic N) is 3. The molecule has 1 aromatic carbocycles. The number of aromatic nitrogens is 3. The Morgan fingerprint density at radius 3 is 2.73 bits per heavy atom. The summed E-state index contributed by atoms with van der Waals surface area (Å²) in [6.45, 7) is 2.86. The zero-order chi connectivity index (χ0) is 18.2. The summed E-state index contributed by atoms with van der Waals surface area (Å²) in [6, 6.07) is 13.5. The SMILES string of the molecule is CCCCCNC(=O)CSc1nnc(-c2ccco2)n1-c1ccccc1. The van der Waals surface area contributed by atoms with Gasteiger partial charge in [-0.1, -0.05) is 49.7 Å². The molecule has 1 N–H and O–H groups in total. The van der Waals surface area contributed by atoms with E-state index in [2.05, 4.69) is 22.4 Å². The largest absolute Gasteiger partial charge is 0.461 e. The number of para-hydroxylation sites is 1. The van der Waals surface area contributed by atoms with E-state index in [1.165, 1.54) is 11.8 Å². The van der Waals surface area contributed by atoms with Crippen molar-refractivity contribution in [2.45, 2.75) is 31.3 Å². The smallest absolute Gasteiger partial charge is 0.230 e. The van der Waals surface area contributed by atoms with Crippen molar-refractivity contribution < 1.29 is 9.21 Å². The molecule has 0 fully saturated rings. The number of amides is 1. The van der Waals surface area contributed by atoms with Crippen molar-refractivity contribution in [2.24, 2.45) is 0 Å². The van der Waals surface area contributed by atoms with Gasteiger partial charge in [0.15, 0.2) is 10.9 Å². The molecular weight excluding hydrogens is 348 g/mol. The van der Waals surface area contributed by atoms with E-state index in [9.17, 15) is 4.79 Å². The van der Waals surface area contributed by atoms with Crippen molar-refractivity contribution in [1.29, 1.82) is 0 Å². The van der Waals surface area contributed by atoms with Crippen LogP contribution in [-0.2, 0) is 4.79 Å². The van der Waals surface area contributed by atoms with Crippen LogP contribution < -0.4 is 5.32 Å². The number of carbonyl (C=O) groups is 1. The summed E-state index contributed by atoms with van der Waals surface area (Å²) in [5.41, 5.74) is 0.926. The third-order valence-electron chi connectivity index (χ3n) is 3.82. The maximum absolute atomic E-state index is 12.1. The molecule has 136 valence electrons. The van der Waals surface area contributed by atoms with Crippen LogP contribution in [0.15, 0.2) is 58.3 Å². The Labute approximate surface area is 157 Å². The average molecular weight is 370 g/mol. The lowest BCUT2D eigenvalue weighted by Gasteiger charge is -2.09. The first-order valence-corrected chi connectivity index (χ1v) is 9.72. The Bertz CT molecular complexity index is 815. The zero-order valence-electron chi connectivity index (χ0n) is 14.7. The first-order valence-electron chi connectivity index (χ1n) is 8.74. The van der Waals surface area contributed by atoms with Crippen LogP contribution in [0.4, 0.5) is 0 Å². The quantitative estimate of drug-likeness (QED) is 0.456. The monoisotopic (exact) mass is 370 g/mol. The predicted molar refractivity (Wildman–Crippen MR) is 102 cm³/mol. The lowest BCUT2D eigenvalue weighted by Crippen LogP contribution is -2.26. The molecule has 0 unspecified atom stereocenters. The Hall–Kier alpha value is -2.54. The van der Waals surface area contributed by atoms with Gasteiger partial charge in [0.2, 0.25) is 11.7 Å². The summed E-state index contributed by atoms with van der Waals surface area (Å²) in [6.07, 6.45) is 4.88. The highest BCUT2D eigenvalue weighted by Gasteiger charge is 2.18. The molecule has 7 heteroatoms. The van der Waals surface area contributed by atoms with Gasteiger partial charge in [0.05, 0.1) is 12.0 Å². The van der Waals surface area contributed by atoms with Crippen LogP contribution in [0, 0.1) is 0 Å². The minimum absolute atomic E-state index is 0.00765. The maximum Gasteiger partial charge on any atom is 0.230 e. The Morgan fingerprint density at radius 1 is 1.15 bits per heavy atom.